The van der Waals surface area contributed by atoms with Gasteiger partial charge in [-0.15, -0.1) is 11.3 Å². The highest BCUT2D eigenvalue weighted by atomic mass is 32.1. The Morgan fingerprint density at radius 2 is 1.76 bits per heavy atom. The molecule has 1 aromatic heterocycles. The van der Waals surface area contributed by atoms with Crippen LogP contribution in [0.2, 0.25) is 0 Å². The number of benzene rings is 2. The van der Waals surface area contributed by atoms with Gasteiger partial charge in [0, 0.05) is 23.5 Å². The molecular weight excluding hydrogens is 500 g/mol. The molecule has 3 aromatic rings. The van der Waals surface area contributed by atoms with Gasteiger partial charge in [-0.1, -0.05) is 6.07 Å². The van der Waals surface area contributed by atoms with Crippen molar-refractivity contribution in [2.75, 3.05) is 20.2 Å². The normalized spacial score (nSPS) is 13.5. The van der Waals surface area contributed by atoms with E-state index in [9.17, 15) is 18.4 Å². The summed E-state index contributed by atoms with van der Waals surface area (Å²) in [6.45, 7) is 5.92. The SMILES string of the molecule is COc1ccc(-c2sc(C(=O)N3CC(NC(=O)OC(C)(C)C)C3)cc2-c2ccc(C#N)c(F)c2)cc1F. The lowest BCUT2D eigenvalue weighted by Crippen LogP contribution is -2.61. The summed E-state index contributed by atoms with van der Waals surface area (Å²) in [7, 11) is 1.36. The van der Waals surface area contributed by atoms with Crippen molar-refractivity contribution in [1.29, 1.82) is 5.26 Å². The van der Waals surface area contributed by atoms with Crippen molar-refractivity contribution < 1.29 is 27.8 Å². The summed E-state index contributed by atoms with van der Waals surface area (Å²) in [5, 5.41) is 11.8. The molecule has 1 N–H and O–H groups in total. The van der Waals surface area contributed by atoms with Gasteiger partial charge < -0.3 is 19.7 Å². The first kappa shape index (κ1) is 26.1. The maximum atomic E-state index is 14.5. The summed E-state index contributed by atoms with van der Waals surface area (Å²) >= 11 is 1.16. The molecule has 4 rings (SSSR count). The van der Waals surface area contributed by atoms with Crippen LogP contribution in [-0.2, 0) is 4.74 Å². The van der Waals surface area contributed by atoms with Gasteiger partial charge in [-0.05, 0) is 68.3 Å². The van der Waals surface area contributed by atoms with Gasteiger partial charge in [0.05, 0.1) is 23.6 Å². The molecule has 0 atom stereocenters. The Morgan fingerprint density at radius 1 is 1.08 bits per heavy atom. The lowest BCUT2D eigenvalue weighted by Gasteiger charge is -2.39. The van der Waals surface area contributed by atoms with E-state index in [1.807, 2.05) is 0 Å². The van der Waals surface area contributed by atoms with E-state index in [1.54, 1.807) is 49.9 Å². The molecule has 1 aliphatic heterocycles. The third-order valence-corrected chi connectivity index (χ3v) is 6.82. The van der Waals surface area contributed by atoms with Gasteiger partial charge in [-0.3, -0.25) is 4.79 Å². The van der Waals surface area contributed by atoms with Gasteiger partial charge in [-0.2, -0.15) is 5.26 Å². The van der Waals surface area contributed by atoms with Crippen LogP contribution in [0.25, 0.3) is 21.6 Å². The van der Waals surface area contributed by atoms with Gasteiger partial charge in [-0.25, -0.2) is 13.6 Å². The van der Waals surface area contributed by atoms with Gasteiger partial charge in [0.25, 0.3) is 5.91 Å². The fraction of sp³-hybridized carbons (Fsp3) is 0.296. The summed E-state index contributed by atoms with van der Waals surface area (Å²) in [5.74, 6) is -1.45. The van der Waals surface area contributed by atoms with E-state index in [0.717, 1.165) is 11.3 Å². The van der Waals surface area contributed by atoms with Crippen LogP contribution in [0.1, 0.15) is 36.0 Å². The lowest BCUT2D eigenvalue weighted by molar-refractivity contribution is 0.0361. The number of ether oxygens (including phenoxy) is 2. The second-order valence-corrected chi connectivity index (χ2v) is 10.6. The van der Waals surface area contributed by atoms with Gasteiger partial charge in [0.15, 0.2) is 11.6 Å². The molecule has 37 heavy (non-hydrogen) atoms. The standard InChI is InChI=1S/C27H25F2N3O4S/c1-27(2,3)36-26(34)31-18-13-32(14-18)25(33)23-11-19(15-5-6-17(12-30)20(28)9-15)24(37-23)16-7-8-22(35-4)21(29)10-16/h5-11,18H,13-14H2,1-4H3,(H,31,34). The second kappa shape index (κ2) is 10.2. The average Bonchev–Trinajstić information content (AvgIpc) is 3.25. The monoisotopic (exact) mass is 525 g/mol. The first-order valence-electron chi connectivity index (χ1n) is 11.5. The molecule has 0 saturated carbocycles. The predicted octanol–water partition coefficient (Wildman–Crippen LogP) is 5.59. The number of nitrogens with zero attached hydrogens (tertiary/aromatic N) is 2. The Morgan fingerprint density at radius 3 is 2.35 bits per heavy atom. The highest BCUT2D eigenvalue weighted by molar-refractivity contribution is 7.18. The largest absolute Gasteiger partial charge is 0.494 e. The topological polar surface area (TPSA) is 91.7 Å². The van der Waals surface area contributed by atoms with E-state index in [-0.39, 0.29) is 23.3 Å². The molecule has 10 heteroatoms. The van der Waals surface area contributed by atoms with Crippen LogP contribution >= 0.6 is 11.3 Å². The van der Waals surface area contributed by atoms with Crippen LogP contribution in [0.5, 0.6) is 5.75 Å². The molecule has 2 heterocycles. The van der Waals surface area contributed by atoms with Crippen molar-refractivity contribution >= 4 is 23.3 Å². The third kappa shape index (κ3) is 5.73. The highest BCUT2D eigenvalue weighted by Gasteiger charge is 2.34. The number of amides is 2. The second-order valence-electron chi connectivity index (χ2n) is 9.56. The van der Waals surface area contributed by atoms with Crippen molar-refractivity contribution in [3.8, 4) is 33.4 Å². The number of likely N-dealkylation sites (tertiary alicyclic amines) is 1. The molecular formula is C27H25F2N3O4S. The zero-order valence-electron chi connectivity index (χ0n) is 20.7. The molecule has 2 aromatic carbocycles. The third-order valence-electron chi connectivity index (χ3n) is 5.65. The summed E-state index contributed by atoms with van der Waals surface area (Å²) in [4.78, 5) is 27.7. The number of carbonyl (C=O) groups is 2. The van der Waals surface area contributed by atoms with E-state index >= 15 is 0 Å². The van der Waals surface area contributed by atoms with Crippen molar-refractivity contribution in [2.24, 2.45) is 0 Å². The predicted molar refractivity (Wildman–Crippen MR) is 135 cm³/mol. The van der Waals surface area contributed by atoms with Gasteiger partial charge in [0.1, 0.15) is 17.5 Å². The van der Waals surface area contributed by atoms with Crippen LogP contribution in [0, 0.1) is 23.0 Å². The van der Waals surface area contributed by atoms with E-state index in [2.05, 4.69) is 5.32 Å². The van der Waals surface area contributed by atoms with Crippen LogP contribution in [-0.4, -0.2) is 48.7 Å². The molecule has 7 nitrogen and oxygen atoms in total. The molecule has 0 radical (unpaired) electrons. The molecule has 0 unspecified atom stereocenters. The van der Waals surface area contributed by atoms with Crippen molar-refractivity contribution in [3.63, 3.8) is 0 Å². The van der Waals surface area contributed by atoms with Crippen LogP contribution in [0.4, 0.5) is 13.6 Å². The van der Waals surface area contributed by atoms with Crippen LogP contribution in [0.15, 0.2) is 42.5 Å². The zero-order valence-corrected chi connectivity index (χ0v) is 21.5. The number of alkyl carbamates (subject to hydrolysis) is 1. The van der Waals surface area contributed by atoms with E-state index < -0.39 is 23.3 Å². The summed E-state index contributed by atoms with van der Waals surface area (Å²) in [5.41, 5.74) is 0.752. The maximum Gasteiger partial charge on any atom is 0.407 e. The first-order chi connectivity index (χ1) is 17.5. The lowest BCUT2D eigenvalue weighted by atomic mass is 10.0. The molecule has 1 saturated heterocycles. The van der Waals surface area contributed by atoms with Crippen molar-refractivity contribution in [3.05, 3.63) is 64.5 Å². The quantitative estimate of drug-likeness (QED) is 0.469. The number of carbonyl (C=O) groups excluding carboxylic acids is 2. The first-order valence-corrected chi connectivity index (χ1v) is 12.3. The molecule has 0 aliphatic carbocycles. The van der Waals surface area contributed by atoms with Crippen LogP contribution in [0.3, 0.4) is 0 Å². The minimum absolute atomic E-state index is 0.0756. The molecule has 1 fully saturated rings. The smallest absolute Gasteiger partial charge is 0.407 e. The average molecular weight is 526 g/mol. The molecule has 0 spiro atoms. The van der Waals surface area contributed by atoms with Gasteiger partial charge >= 0.3 is 6.09 Å². The molecule has 1 aliphatic rings. The molecule has 192 valence electrons. The summed E-state index contributed by atoms with van der Waals surface area (Å²) in [6.07, 6.45) is -0.547. The molecule has 2 amide bonds. The Kier molecular flexibility index (Phi) is 7.18. The minimum atomic E-state index is -0.690. The summed E-state index contributed by atoms with van der Waals surface area (Å²) in [6, 6.07) is 11.8. The zero-order chi connectivity index (χ0) is 26.9. The number of hydrogen-bond acceptors (Lipinski definition) is 6. The van der Waals surface area contributed by atoms with E-state index in [1.165, 1.54) is 31.4 Å². The minimum Gasteiger partial charge on any atom is -0.494 e. The number of rotatable bonds is 5. The fourth-order valence-electron chi connectivity index (χ4n) is 3.87. The van der Waals surface area contributed by atoms with Crippen molar-refractivity contribution in [2.45, 2.75) is 32.4 Å². The highest BCUT2D eigenvalue weighted by Crippen LogP contribution is 2.41. The number of nitriles is 1. The number of halogens is 2. The summed E-state index contributed by atoms with van der Waals surface area (Å²) < 4.78 is 39.2. The number of thiophene rings is 1. The number of methoxy groups -OCH3 is 1. The Labute approximate surface area is 217 Å². The Balaban J connectivity index is 1.61. The fourth-order valence-corrected chi connectivity index (χ4v) is 5.02. The van der Waals surface area contributed by atoms with Crippen molar-refractivity contribution in [1.82, 2.24) is 10.2 Å². The van der Waals surface area contributed by atoms with Crippen LogP contribution < -0.4 is 10.1 Å². The Bertz CT molecular complexity index is 1400. The Hall–Kier alpha value is -3.97. The molecule has 0 bridgehead atoms. The van der Waals surface area contributed by atoms with Gasteiger partial charge in [0.2, 0.25) is 0 Å². The van der Waals surface area contributed by atoms with E-state index in [4.69, 9.17) is 14.7 Å². The number of nitrogens with one attached hydrogen (secondary N) is 1. The van der Waals surface area contributed by atoms with E-state index in [0.29, 0.717) is 39.5 Å². The number of hydrogen-bond donors (Lipinski definition) is 1. The maximum absolute atomic E-state index is 14.5.